The first-order chi connectivity index (χ1) is 9.79. The SMILES string of the molecule is Cc1c(C(=O)O)sc2ncnc(OCCOC(C)(C)C)c12. The predicted octanol–water partition coefficient (Wildman–Crippen LogP) is 2.89. The molecule has 0 spiro atoms. The molecule has 0 saturated carbocycles. The third-order valence-corrected chi connectivity index (χ3v) is 3.93. The Hall–Kier alpha value is -1.73. The standard InChI is InChI=1S/C14H18N2O4S/c1-8-9-11(19-5-6-20-14(2,3)4)15-7-16-12(9)21-10(8)13(17)18/h7H,5-6H2,1-4H3,(H,17,18). The monoisotopic (exact) mass is 310 g/mol. The molecule has 2 heterocycles. The van der Waals surface area contributed by atoms with Crippen LogP contribution in [-0.4, -0.2) is 39.9 Å². The Balaban J connectivity index is 2.18. The molecule has 6 nitrogen and oxygen atoms in total. The number of fused-ring (bicyclic) bond motifs is 1. The highest BCUT2D eigenvalue weighted by atomic mass is 32.1. The van der Waals surface area contributed by atoms with Gasteiger partial charge in [0.25, 0.3) is 0 Å². The largest absolute Gasteiger partial charge is 0.477 e. The van der Waals surface area contributed by atoms with Crippen molar-refractivity contribution in [2.24, 2.45) is 0 Å². The molecule has 0 amide bonds. The molecule has 0 bridgehead atoms. The number of thiophene rings is 1. The van der Waals surface area contributed by atoms with Gasteiger partial charge in [-0.25, -0.2) is 14.8 Å². The van der Waals surface area contributed by atoms with Crippen molar-refractivity contribution < 1.29 is 19.4 Å². The number of aryl methyl sites for hydroxylation is 1. The maximum absolute atomic E-state index is 11.2. The summed E-state index contributed by atoms with van der Waals surface area (Å²) in [5, 5.41) is 9.83. The van der Waals surface area contributed by atoms with Crippen molar-refractivity contribution in [2.75, 3.05) is 13.2 Å². The van der Waals surface area contributed by atoms with Crippen molar-refractivity contribution in [1.29, 1.82) is 0 Å². The predicted molar refractivity (Wildman–Crippen MR) is 80.3 cm³/mol. The number of nitrogens with zero attached hydrogens (tertiary/aromatic N) is 2. The zero-order chi connectivity index (χ0) is 15.6. The molecule has 0 radical (unpaired) electrons. The highest BCUT2D eigenvalue weighted by Gasteiger charge is 2.19. The van der Waals surface area contributed by atoms with Crippen LogP contribution in [-0.2, 0) is 4.74 Å². The van der Waals surface area contributed by atoms with E-state index in [1.54, 1.807) is 6.92 Å². The molecule has 0 aliphatic heterocycles. The lowest BCUT2D eigenvalue weighted by Gasteiger charge is -2.19. The normalized spacial score (nSPS) is 11.8. The smallest absolute Gasteiger partial charge is 0.346 e. The van der Waals surface area contributed by atoms with E-state index in [4.69, 9.17) is 14.6 Å². The molecule has 2 aromatic heterocycles. The second kappa shape index (κ2) is 5.95. The van der Waals surface area contributed by atoms with Crippen molar-refractivity contribution in [1.82, 2.24) is 9.97 Å². The van der Waals surface area contributed by atoms with Gasteiger partial charge in [0.05, 0.1) is 17.6 Å². The van der Waals surface area contributed by atoms with E-state index < -0.39 is 5.97 Å². The van der Waals surface area contributed by atoms with Gasteiger partial charge in [-0.1, -0.05) is 0 Å². The third-order valence-electron chi connectivity index (χ3n) is 2.74. The maximum Gasteiger partial charge on any atom is 0.346 e. The highest BCUT2D eigenvalue weighted by molar-refractivity contribution is 7.20. The van der Waals surface area contributed by atoms with Crippen LogP contribution >= 0.6 is 11.3 Å². The van der Waals surface area contributed by atoms with Gasteiger partial charge in [0.15, 0.2) is 0 Å². The van der Waals surface area contributed by atoms with Gasteiger partial charge < -0.3 is 14.6 Å². The number of carboxylic acid groups (broad SMARTS) is 1. The molecule has 114 valence electrons. The zero-order valence-corrected chi connectivity index (χ0v) is 13.3. The summed E-state index contributed by atoms with van der Waals surface area (Å²) in [6.45, 7) is 8.43. The van der Waals surface area contributed by atoms with Gasteiger partial charge in [0, 0.05) is 0 Å². The summed E-state index contributed by atoms with van der Waals surface area (Å²) in [7, 11) is 0. The number of hydrogen-bond acceptors (Lipinski definition) is 6. The van der Waals surface area contributed by atoms with Crippen LogP contribution in [0.4, 0.5) is 0 Å². The van der Waals surface area contributed by atoms with Crippen LogP contribution in [0.3, 0.4) is 0 Å². The van der Waals surface area contributed by atoms with Crippen LogP contribution in [0.2, 0.25) is 0 Å². The van der Waals surface area contributed by atoms with E-state index in [-0.39, 0.29) is 10.5 Å². The average Bonchev–Trinajstić information content (AvgIpc) is 2.72. The Morgan fingerprint density at radius 2 is 2.05 bits per heavy atom. The molecular formula is C14H18N2O4S. The van der Waals surface area contributed by atoms with Crippen LogP contribution in [0.5, 0.6) is 5.88 Å². The van der Waals surface area contributed by atoms with Gasteiger partial charge >= 0.3 is 5.97 Å². The van der Waals surface area contributed by atoms with E-state index >= 15 is 0 Å². The maximum atomic E-state index is 11.2. The van der Waals surface area contributed by atoms with Gasteiger partial charge in [-0.05, 0) is 33.3 Å². The fraction of sp³-hybridized carbons (Fsp3) is 0.500. The first-order valence-electron chi connectivity index (χ1n) is 6.54. The minimum atomic E-state index is -0.961. The van der Waals surface area contributed by atoms with Crippen molar-refractivity contribution in [3.8, 4) is 5.88 Å². The topological polar surface area (TPSA) is 81.5 Å². The summed E-state index contributed by atoms with van der Waals surface area (Å²) in [6, 6.07) is 0. The van der Waals surface area contributed by atoms with Gasteiger partial charge in [-0.15, -0.1) is 11.3 Å². The van der Waals surface area contributed by atoms with Gasteiger partial charge in [0.2, 0.25) is 5.88 Å². The summed E-state index contributed by atoms with van der Waals surface area (Å²) in [6.07, 6.45) is 1.38. The Kier molecular flexibility index (Phi) is 4.43. The van der Waals surface area contributed by atoms with Gasteiger partial charge in [0.1, 0.15) is 22.6 Å². The molecule has 0 aromatic carbocycles. The van der Waals surface area contributed by atoms with Crippen molar-refractivity contribution in [3.63, 3.8) is 0 Å². The Morgan fingerprint density at radius 3 is 2.67 bits per heavy atom. The molecule has 7 heteroatoms. The molecular weight excluding hydrogens is 292 g/mol. The molecule has 0 aliphatic rings. The molecule has 2 aromatic rings. The molecule has 1 N–H and O–H groups in total. The first-order valence-corrected chi connectivity index (χ1v) is 7.35. The number of rotatable bonds is 5. The molecule has 0 aliphatic carbocycles. The second-order valence-corrected chi connectivity index (χ2v) is 6.53. The molecule has 0 unspecified atom stereocenters. The number of ether oxygens (including phenoxy) is 2. The fourth-order valence-electron chi connectivity index (χ4n) is 1.84. The lowest BCUT2D eigenvalue weighted by molar-refractivity contribution is -0.0166. The molecule has 0 saturated heterocycles. The lowest BCUT2D eigenvalue weighted by Crippen LogP contribution is -2.22. The Labute approximate surface area is 126 Å². The molecule has 0 atom stereocenters. The van der Waals surface area contributed by atoms with Crippen LogP contribution in [0, 0.1) is 6.92 Å². The van der Waals surface area contributed by atoms with E-state index in [9.17, 15) is 4.79 Å². The van der Waals surface area contributed by atoms with Crippen LogP contribution in [0.15, 0.2) is 6.33 Å². The van der Waals surface area contributed by atoms with E-state index in [1.807, 2.05) is 20.8 Å². The second-order valence-electron chi connectivity index (χ2n) is 5.53. The highest BCUT2D eigenvalue weighted by Crippen LogP contribution is 2.34. The number of carbonyl (C=O) groups is 1. The number of hydrogen-bond donors (Lipinski definition) is 1. The molecule has 21 heavy (non-hydrogen) atoms. The van der Waals surface area contributed by atoms with Gasteiger partial charge in [-0.2, -0.15) is 0 Å². The first kappa shape index (κ1) is 15.7. The lowest BCUT2D eigenvalue weighted by atomic mass is 10.2. The molecule has 0 fully saturated rings. The number of aromatic carboxylic acids is 1. The Morgan fingerprint density at radius 1 is 1.33 bits per heavy atom. The molecule has 2 rings (SSSR count). The quantitative estimate of drug-likeness (QED) is 0.855. The summed E-state index contributed by atoms with van der Waals surface area (Å²) < 4.78 is 11.2. The minimum absolute atomic E-state index is 0.223. The van der Waals surface area contributed by atoms with Crippen molar-refractivity contribution >= 4 is 27.5 Å². The van der Waals surface area contributed by atoms with Crippen LogP contribution < -0.4 is 4.74 Å². The zero-order valence-electron chi connectivity index (χ0n) is 12.5. The summed E-state index contributed by atoms with van der Waals surface area (Å²) >= 11 is 1.13. The fourth-order valence-corrected chi connectivity index (χ4v) is 2.82. The van der Waals surface area contributed by atoms with E-state index in [1.165, 1.54) is 6.33 Å². The summed E-state index contributed by atoms with van der Waals surface area (Å²) in [4.78, 5) is 20.3. The van der Waals surface area contributed by atoms with Crippen molar-refractivity contribution in [3.05, 3.63) is 16.8 Å². The van der Waals surface area contributed by atoms with Crippen molar-refractivity contribution in [2.45, 2.75) is 33.3 Å². The summed E-state index contributed by atoms with van der Waals surface area (Å²) in [5.74, 6) is -0.559. The van der Waals surface area contributed by atoms with Crippen LogP contribution in [0.25, 0.3) is 10.2 Å². The van der Waals surface area contributed by atoms with E-state index in [2.05, 4.69) is 9.97 Å². The van der Waals surface area contributed by atoms with E-state index in [0.29, 0.717) is 34.9 Å². The number of carboxylic acids is 1. The Bertz CT molecular complexity index is 661. The third kappa shape index (κ3) is 3.68. The van der Waals surface area contributed by atoms with E-state index in [0.717, 1.165) is 11.3 Å². The minimum Gasteiger partial charge on any atom is -0.477 e. The number of aromatic nitrogens is 2. The summed E-state index contributed by atoms with van der Waals surface area (Å²) in [5.41, 5.74) is 0.411. The average molecular weight is 310 g/mol. The van der Waals surface area contributed by atoms with Crippen LogP contribution in [0.1, 0.15) is 36.0 Å². The van der Waals surface area contributed by atoms with Gasteiger partial charge in [-0.3, -0.25) is 0 Å².